The van der Waals surface area contributed by atoms with Crippen molar-refractivity contribution in [1.82, 2.24) is 25.2 Å². The molecule has 0 aliphatic carbocycles. The molecule has 2 heterocycles. The minimum atomic E-state index is -0.214. The predicted molar refractivity (Wildman–Crippen MR) is 109 cm³/mol. The molecule has 0 spiro atoms. The minimum Gasteiger partial charge on any atom is -0.321 e. The van der Waals surface area contributed by atoms with E-state index in [-0.39, 0.29) is 5.91 Å². The van der Waals surface area contributed by atoms with Crippen LogP contribution in [0, 0.1) is 13.8 Å². The van der Waals surface area contributed by atoms with Crippen molar-refractivity contribution < 1.29 is 4.79 Å². The molecule has 0 fully saturated rings. The second-order valence-electron chi connectivity index (χ2n) is 6.09. The molecule has 0 saturated carbocycles. The second kappa shape index (κ2) is 7.49. The number of nitrogens with zero attached hydrogens (tertiary/aromatic N) is 5. The Labute approximate surface area is 170 Å². The summed E-state index contributed by atoms with van der Waals surface area (Å²) in [5.41, 5.74) is 2.97. The van der Waals surface area contributed by atoms with Crippen molar-refractivity contribution in [3.63, 3.8) is 0 Å². The highest BCUT2D eigenvalue weighted by Gasteiger charge is 2.17. The lowest BCUT2D eigenvalue weighted by atomic mass is 10.2. The van der Waals surface area contributed by atoms with Crippen LogP contribution in [0.25, 0.3) is 16.3 Å². The van der Waals surface area contributed by atoms with Gasteiger partial charge in [0.15, 0.2) is 5.82 Å². The summed E-state index contributed by atoms with van der Waals surface area (Å²) in [6, 6.07) is 14.8. The molecule has 7 nitrogen and oxygen atoms in total. The molecule has 1 N–H and O–H groups in total. The van der Waals surface area contributed by atoms with E-state index in [1.165, 1.54) is 11.3 Å². The summed E-state index contributed by atoms with van der Waals surface area (Å²) in [4.78, 5) is 17.9. The minimum absolute atomic E-state index is 0.214. The van der Waals surface area contributed by atoms with E-state index in [0.717, 1.165) is 16.3 Å². The number of nitrogens with one attached hydrogen (secondary N) is 1. The molecule has 0 aliphatic heterocycles. The maximum absolute atomic E-state index is 12.8. The smallest absolute Gasteiger partial charge is 0.267 e. The number of hydrogen-bond acceptors (Lipinski definition) is 6. The van der Waals surface area contributed by atoms with Gasteiger partial charge < -0.3 is 5.32 Å². The van der Waals surface area contributed by atoms with E-state index in [1.807, 2.05) is 56.3 Å². The Balaban J connectivity index is 1.59. The van der Waals surface area contributed by atoms with Gasteiger partial charge in [0, 0.05) is 16.3 Å². The molecule has 2 aromatic heterocycles. The molecule has 0 atom stereocenters. The van der Waals surface area contributed by atoms with Gasteiger partial charge in [-0.1, -0.05) is 29.8 Å². The number of aryl methyl sites for hydroxylation is 2. The van der Waals surface area contributed by atoms with Gasteiger partial charge in [0.05, 0.1) is 11.4 Å². The van der Waals surface area contributed by atoms with Crippen molar-refractivity contribution in [2.24, 2.45) is 0 Å². The fourth-order valence-corrected chi connectivity index (χ4v) is 3.87. The fraction of sp³-hybridized carbons (Fsp3) is 0.105. The number of benzene rings is 2. The van der Waals surface area contributed by atoms with Gasteiger partial charge >= 0.3 is 0 Å². The Morgan fingerprint density at radius 1 is 1.14 bits per heavy atom. The molecule has 1 amide bonds. The van der Waals surface area contributed by atoms with Crippen molar-refractivity contribution in [3.8, 4) is 16.3 Å². The van der Waals surface area contributed by atoms with Gasteiger partial charge in [-0.3, -0.25) is 4.79 Å². The van der Waals surface area contributed by atoms with Crippen LogP contribution in [0.1, 0.15) is 21.2 Å². The molecule has 0 aliphatic rings. The highest BCUT2D eigenvalue weighted by atomic mass is 35.5. The average Bonchev–Trinajstić information content (AvgIpc) is 3.27. The maximum Gasteiger partial charge on any atom is 0.267 e. The Morgan fingerprint density at radius 2 is 1.96 bits per heavy atom. The average molecular weight is 411 g/mol. The topological polar surface area (TPSA) is 85.6 Å². The quantitative estimate of drug-likeness (QED) is 0.541. The number of aromatic nitrogens is 5. The van der Waals surface area contributed by atoms with Crippen LogP contribution in [-0.4, -0.2) is 31.1 Å². The van der Waals surface area contributed by atoms with E-state index in [0.29, 0.717) is 27.1 Å². The van der Waals surface area contributed by atoms with Gasteiger partial charge in [-0.15, -0.1) is 16.4 Å². The zero-order chi connectivity index (χ0) is 19.7. The van der Waals surface area contributed by atoms with Crippen LogP contribution in [0.4, 0.5) is 5.69 Å². The second-order valence-corrected chi connectivity index (χ2v) is 7.52. The van der Waals surface area contributed by atoms with E-state index >= 15 is 0 Å². The van der Waals surface area contributed by atoms with Gasteiger partial charge in [-0.05, 0) is 54.6 Å². The van der Waals surface area contributed by atoms with E-state index in [4.69, 9.17) is 11.6 Å². The van der Waals surface area contributed by atoms with Crippen molar-refractivity contribution in [3.05, 3.63) is 69.9 Å². The van der Waals surface area contributed by atoms with Crippen LogP contribution in [0.2, 0.25) is 5.02 Å². The highest BCUT2D eigenvalue weighted by molar-refractivity contribution is 7.17. The number of thiazole rings is 1. The summed E-state index contributed by atoms with van der Waals surface area (Å²) < 4.78 is 1.60. The molecule has 2 aromatic carbocycles. The Kier molecular flexibility index (Phi) is 4.89. The number of hydrogen-bond donors (Lipinski definition) is 1. The molecule has 4 rings (SSSR count). The van der Waals surface area contributed by atoms with Crippen LogP contribution in [0.15, 0.2) is 48.5 Å². The molecule has 0 radical (unpaired) electrons. The molecular formula is C19H15ClN6OS. The van der Waals surface area contributed by atoms with Crippen molar-refractivity contribution in [1.29, 1.82) is 0 Å². The lowest BCUT2D eigenvalue weighted by Crippen LogP contribution is -2.12. The molecule has 28 heavy (non-hydrogen) atoms. The fourth-order valence-electron chi connectivity index (χ4n) is 2.73. The summed E-state index contributed by atoms with van der Waals surface area (Å²) in [5.74, 6) is 0.446. The number of rotatable bonds is 4. The summed E-state index contributed by atoms with van der Waals surface area (Å²) in [5, 5.41) is 15.8. The van der Waals surface area contributed by atoms with E-state index in [9.17, 15) is 4.79 Å². The number of halogens is 1. The highest BCUT2D eigenvalue weighted by Crippen LogP contribution is 2.30. The maximum atomic E-state index is 12.8. The molecule has 0 unspecified atom stereocenters. The monoisotopic (exact) mass is 410 g/mol. The van der Waals surface area contributed by atoms with E-state index < -0.39 is 0 Å². The Morgan fingerprint density at radius 3 is 2.71 bits per heavy atom. The lowest BCUT2D eigenvalue weighted by Gasteiger charge is -2.07. The van der Waals surface area contributed by atoms with Gasteiger partial charge in [0.1, 0.15) is 9.88 Å². The molecular weight excluding hydrogens is 396 g/mol. The number of tetrazole rings is 1. The Hall–Kier alpha value is -3.10. The van der Waals surface area contributed by atoms with Crippen LogP contribution < -0.4 is 5.32 Å². The molecule has 9 heteroatoms. The standard InChI is InChI=1S/C19H15ClN6OS/c1-11-17(28-19(21-11)13-5-3-6-14(20)9-13)18(27)22-15-7-4-8-16(10-15)26-12(2)23-24-25-26/h3-10H,1-2H3,(H,22,27). The third kappa shape index (κ3) is 3.64. The molecule has 0 saturated heterocycles. The first-order chi connectivity index (χ1) is 13.5. The Bertz CT molecular complexity index is 1170. The number of anilines is 1. The van der Waals surface area contributed by atoms with E-state index in [1.54, 1.807) is 10.7 Å². The third-order valence-corrected chi connectivity index (χ3v) is 5.49. The van der Waals surface area contributed by atoms with Crippen molar-refractivity contribution in [2.75, 3.05) is 5.32 Å². The van der Waals surface area contributed by atoms with Gasteiger partial charge in [0.2, 0.25) is 0 Å². The predicted octanol–water partition coefficient (Wildman–Crippen LogP) is 4.31. The van der Waals surface area contributed by atoms with Crippen molar-refractivity contribution >= 4 is 34.5 Å². The first kappa shape index (κ1) is 18.3. The van der Waals surface area contributed by atoms with Crippen molar-refractivity contribution in [2.45, 2.75) is 13.8 Å². The normalized spacial score (nSPS) is 10.8. The zero-order valence-electron chi connectivity index (χ0n) is 15.0. The number of amides is 1. The molecule has 0 bridgehead atoms. The van der Waals surface area contributed by atoms with Gasteiger partial charge in [-0.2, -0.15) is 4.68 Å². The van der Waals surface area contributed by atoms with Crippen LogP contribution in [0.3, 0.4) is 0 Å². The molecule has 4 aromatic rings. The van der Waals surface area contributed by atoms with Crippen LogP contribution >= 0.6 is 22.9 Å². The van der Waals surface area contributed by atoms with Gasteiger partial charge in [0.25, 0.3) is 5.91 Å². The summed E-state index contributed by atoms with van der Waals surface area (Å²) in [6.07, 6.45) is 0. The van der Waals surface area contributed by atoms with Crippen LogP contribution in [0.5, 0.6) is 0 Å². The first-order valence-electron chi connectivity index (χ1n) is 8.41. The lowest BCUT2D eigenvalue weighted by molar-refractivity contribution is 0.103. The third-order valence-electron chi connectivity index (χ3n) is 4.05. The summed E-state index contributed by atoms with van der Waals surface area (Å²) in [7, 11) is 0. The first-order valence-corrected chi connectivity index (χ1v) is 9.61. The van der Waals surface area contributed by atoms with Crippen LogP contribution in [-0.2, 0) is 0 Å². The molecule has 140 valence electrons. The number of carbonyl (C=O) groups is 1. The summed E-state index contributed by atoms with van der Waals surface area (Å²) >= 11 is 7.39. The zero-order valence-corrected chi connectivity index (χ0v) is 16.6. The van der Waals surface area contributed by atoms with E-state index in [2.05, 4.69) is 25.8 Å². The SMILES string of the molecule is Cc1nc(-c2cccc(Cl)c2)sc1C(=O)Nc1cccc(-n2nnnc2C)c1. The largest absolute Gasteiger partial charge is 0.321 e. The van der Waals surface area contributed by atoms with Gasteiger partial charge in [-0.25, -0.2) is 4.98 Å². The number of carbonyl (C=O) groups excluding carboxylic acids is 1. The summed E-state index contributed by atoms with van der Waals surface area (Å²) in [6.45, 7) is 3.63.